The highest BCUT2D eigenvalue weighted by Crippen LogP contribution is 2.35. The van der Waals surface area contributed by atoms with E-state index in [1.54, 1.807) is 19.1 Å². The molecule has 98 valence electrons. The van der Waals surface area contributed by atoms with E-state index in [0.717, 1.165) is 5.57 Å². The number of ether oxygens (including phenoxy) is 3. The van der Waals surface area contributed by atoms with Crippen molar-refractivity contribution in [2.45, 2.75) is 25.2 Å². The summed E-state index contributed by atoms with van der Waals surface area (Å²) in [6.45, 7) is 1.58. The summed E-state index contributed by atoms with van der Waals surface area (Å²) in [5.41, 5.74) is 1.45. The van der Waals surface area contributed by atoms with Gasteiger partial charge in [-0.2, -0.15) is 0 Å². The molecule has 0 bridgehead atoms. The van der Waals surface area contributed by atoms with Gasteiger partial charge in [-0.15, -0.1) is 0 Å². The van der Waals surface area contributed by atoms with Crippen LogP contribution in [-0.2, 0) is 14.2 Å². The number of hydrogen-bond acceptors (Lipinski definition) is 4. The van der Waals surface area contributed by atoms with Crippen LogP contribution in [-0.4, -0.2) is 31.2 Å². The zero-order chi connectivity index (χ0) is 14.9. The number of rotatable bonds is 4. The predicted molar refractivity (Wildman–Crippen MR) is 67.5 cm³/mol. The summed E-state index contributed by atoms with van der Waals surface area (Å²) in [7, 11) is 2.92. The third kappa shape index (κ3) is 2.03. The number of aliphatic hydroxyl groups is 1. The minimum Gasteiger partial charge on any atom is -0.465 e. The highest BCUT2D eigenvalue weighted by atomic mass is 16.7. The van der Waals surface area contributed by atoms with Crippen molar-refractivity contribution in [3.63, 3.8) is 0 Å². The van der Waals surface area contributed by atoms with Gasteiger partial charge in [-0.25, -0.2) is 0 Å². The van der Waals surface area contributed by atoms with E-state index in [9.17, 15) is 5.11 Å². The largest absolute Gasteiger partial charge is 0.465 e. The quantitative estimate of drug-likeness (QED) is 0.778. The summed E-state index contributed by atoms with van der Waals surface area (Å²) in [5.74, 6) is -0.780. The lowest BCUT2D eigenvalue weighted by Gasteiger charge is -2.36. The third-order valence-corrected chi connectivity index (χ3v) is 3.17. The molecule has 1 aliphatic carbocycles. The minimum atomic E-state index is -1.27. The number of fused-ring (bicyclic) bond motifs is 1. The molecule has 2 aliphatic rings. The Morgan fingerprint density at radius 3 is 2.83 bits per heavy atom. The van der Waals surface area contributed by atoms with Gasteiger partial charge in [-0.1, -0.05) is 12.2 Å². The molecule has 2 rings (SSSR count). The predicted octanol–water partition coefficient (Wildman–Crippen LogP) is 2.04. The molecule has 0 aromatic carbocycles. The molecular formula is C14H18O4. The second-order valence-corrected chi connectivity index (χ2v) is 4.14. The maximum absolute atomic E-state index is 9.95. The number of methoxy groups -OCH3 is 2. The second kappa shape index (κ2) is 5.10. The molecular weight excluding hydrogens is 232 g/mol. The molecule has 1 atom stereocenters. The van der Waals surface area contributed by atoms with Crippen LogP contribution in [0.15, 0.2) is 47.4 Å². The van der Waals surface area contributed by atoms with Crippen LogP contribution in [0, 0.1) is 0 Å². The van der Waals surface area contributed by atoms with Crippen LogP contribution in [0.1, 0.15) is 16.1 Å². The van der Waals surface area contributed by atoms with Gasteiger partial charge in [-0.3, -0.25) is 0 Å². The van der Waals surface area contributed by atoms with E-state index >= 15 is 0 Å². The van der Waals surface area contributed by atoms with Gasteiger partial charge in [0.2, 0.25) is 5.79 Å². The van der Waals surface area contributed by atoms with E-state index in [0.29, 0.717) is 17.8 Å². The topological polar surface area (TPSA) is 47.9 Å². The first kappa shape index (κ1) is 10.6. The molecule has 1 aliphatic heterocycles. The van der Waals surface area contributed by atoms with Crippen LogP contribution in [0.3, 0.4) is 0 Å². The van der Waals surface area contributed by atoms with E-state index in [1.807, 2.05) is 6.08 Å². The summed E-state index contributed by atoms with van der Waals surface area (Å²) in [6, 6.07) is 0.0503. The molecule has 4 heteroatoms. The highest BCUT2D eigenvalue weighted by Gasteiger charge is 2.40. The molecule has 0 saturated carbocycles. The van der Waals surface area contributed by atoms with Crippen molar-refractivity contribution in [1.29, 1.82) is 0 Å². The van der Waals surface area contributed by atoms with E-state index in [4.69, 9.17) is 17.0 Å². The van der Waals surface area contributed by atoms with Crippen molar-refractivity contribution in [3.05, 3.63) is 47.4 Å². The van der Waals surface area contributed by atoms with Crippen LogP contribution < -0.4 is 0 Å². The lowest BCUT2D eigenvalue weighted by Crippen LogP contribution is -2.46. The minimum absolute atomic E-state index is 0.0503. The van der Waals surface area contributed by atoms with Crippen LogP contribution in [0.25, 0.3) is 0 Å². The van der Waals surface area contributed by atoms with Gasteiger partial charge in [0.1, 0.15) is 13.2 Å². The lowest BCUT2D eigenvalue weighted by atomic mass is 9.91. The Balaban J connectivity index is 2.38. The van der Waals surface area contributed by atoms with Crippen molar-refractivity contribution in [2.75, 3.05) is 14.2 Å². The normalized spacial score (nSPS) is 23.0. The number of aliphatic hydroxyl groups excluding tert-OH is 1. The second-order valence-electron chi connectivity index (χ2n) is 4.14. The third-order valence-electron chi connectivity index (χ3n) is 3.17. The smallest absolute Gasteiger partial charge is 0.220 e. The summed E-state index contributed by atoms with van der Waals surface area (Å²) < 4.78 is 31.2. The molecule has 18 heavy (non-hydrogen) atoms. The number of hydrogen-bond donors (Lipinski definition) is 1. The van der Waals surface area contributed by atoms with Crippen LogP contribution in [0.5, 0.6) is 0 Å². The molecule has 1 unspecified atom stereocenters. The molecule has 0 spiro atoms. The van der Waals surface area contributed by atoms with Crippen molar-refractivity contribution < 1.29 is 22.1 Å². The average molecular weight is 252 g/mol. The molecule has 1 heterocycles. The zero-order valence-electron chi connectivity index (χ0n) is 12.7. The average Bonchev–Trinajstić information content (AvgIpc) is 2.42. The number of allylic oxidation sites excluding steroid dienone is 4. The molecule has 0 radical (unpaired) electrons. The lowest BCUT2D eigenvalue weighted by molar-refractivity contribution is -0.227. The highest BCUT2D eigenvalue weighted by molar-refractivity contribution is 5.46. The Kier molecular flexibility index (Phi) is 2.99. The van der Waals surface area contributed by atoms with E-state index in [2.05, 4.69) is 0 Å². The van der Waals surface area contributed by atoms with Gasteiger partial charge in [0.15, 0.2) is 0 Å². The van der Waals surface area contributed by atoms with Gasteiger partial charge in [0.25, 0.3) is 0 Å². The maximum atomic E-state index is 9.95. The Labute approximate surface area is 110 Å². The monoisotopic (exact) mass is 252 g/mol. The van der Waals surface area contributed by atoms with Crippen LogP contribution in [0.2, 0.25) is 0 Å². The van der Waals surface area contributed by atoms with E-state index in [-0.39, 0.29) is 12.3 Å². The first-order valence-electron chi connectivity index (χ1n) is 6.71. The summed E-state index contributed by atoms with van der Waals surface area (Å²) in [5, 5.41) is 9.95. The van der Waals surface area contributed by atoms with E-state index in [1.165, 1.54) is 14.2 Å². The van der Waals surface area contributed by atoms with Crippen molar-refractivity contribution >= 4 is 0 Å². The maximum Gasteiger partial charge on any atom is 0.220 e. The molecule has 4 nitrogen and oxygen atoms in total. The van der Waals surface area contributed by atoms with E-state index < -0.39 is 11.9 Å². The molecule has 0 aromatic rings. The molecule has 1 N–H and O–H groups in total. The Morgan fingerprint density at radius 2 is 2.22 bits per heavy atom. The fraction of sp³-hybridized carbons (Fsp3) is 0.429. The van der Waals surface area contributed by atoms with Crippen molar-refractivity contribution in [1.82, 2.24) is 0 Å². The SMILES string of the molecule is [2H]C1=C([2H])OC2=CC(C(OC)(OC)C(C)O)=CCC2=C1. The fourth-order valence-corrected chi connectivity index (χ4v) is 2.18. The standard InChI is InChI=1S/C14H18O4/c1-10(15)14(16-2,17-3)12-7-6-11-5-4-8-18-13(11)9-12/h4-5,7-10,15H,6H2,1-3H3/i4D,8D. The zero-order valence-corrected chi connectivity index (χ0v) is 10.7. The van der Waals surface area contributed by atoms with Gasteiger partial charge in [-0.05, 0) is 31.0 Å². The molecule has 0 aromatic heterocycles. The molecule has 0 amide bonds. The Hall–Kier alpha value is -1.36. The first-order chi connectivity index (χ1) is 9.44. The van der Waals surface area contributed by atoms with Crippen molar-refractivity contribution in [3.8, 4) is 0 Å². The van der Waals surface area contributed by atoms with Crippen LogP contribution in [0.4, 0.5) is 0 Å². The summed E-state index contributed by atoms with van der Waals surface area (Å²) in [4.78, 5) is 0. The Bertz CT molecular complexity index is 525. The van der Waals surface area contributed by atoms with Crippen LogP contribution >= 0.6 is 0 Å². The van der Waals surface area contributed by atoms with Gasteiger partial charge >= 0.3 is 0 Å². The molecule has 0 fully saturated rings. The van der Waals surface area contributed by atoms with Gasteiger partial charge in [0, 0.05) is 19.8 Å². The fourth-order valence-electron chi connectivity index (χ4n) is 2.18. The van der Waals surface area contributed by atoms with Gasteiger partial charge < -0.3 is 19.3 Å². The summed E-state index contributed by atoms with van der Waals surface area (Å²) in [6.07, 6.45) is 4.59. The molecule has 0 saturated heterocycles. The first-order valence-corrected chi connectivity index (χ1v) is 5.71. The summed E-state index contributed by atoms with van der Waals surface area (Å²) >= 11 is 0. The van der Waals surface area contributed by atoms with Gasteiger partial charge in [0.05, 0.1) is 7.61 Å². The Morgan fingerprint density at radius 1 is 1.50 bits per heavy atom. The van der Waals surface area contributed by atoms with Crippen molar-refractivity contribution in [2.24, 2.45) is 0 Å².